The molecule has 2 aliphatic heterocycles. The van der Waals surface area contributed by atoms with Crippen LogP contribution >= 0.6 is 0 Å². The largest absolute Gasteiger partial charge is 0.297 e. The second kappa shape index (κ2) is 6.52. The zero-order valence-corrected chi connectivity index (χ0v) is 14.5. The molecule has 8 heteroatoms. The third kappa shape index (κ3) is 4.40. The molecule has 0 saturated carbocycles. The zero-order valence-electron chi connectivity index (χ0n) is 12.9. The Morgan fingerprint density at radius 3 is 2.29 bits per heavy atom. The van der Waals surface area contributed by atoms with Crippen LogP contribution in [-0.4, -0.2) is 75.5 Å². The van der Waals surface area contributed by atoms with E-state index in [0.717, 1.165) is 6.42 Å². The van der Waals surface area contributed by atoms with Crippen molar-refractivity contribution < 1.29 is 16.8 Å². The first-order chi connectivity index (χ1) is 9.73. The maximum Gasteiger partial charge on any atom is 0.214 e. The highest BCUT2D eigenvalue weighted by molar-refractivity contribution is 7.91. The lowest BCUT2D eigenvalue weighted by atomic mass is 10.2. The van der Waals surface area contributed by atoms with Crippen LogP contribution in [0, 0.1) is 5.92 Å². The number of hydrogen-bond acceptors (Lipinski definition) is 5. The summed E-state index contributed by atoms with van der Waals surface area (Å²) in [5.41, 5.74) is 0. The van der Waals surface area contributed by atoms with Crippen molar-refractivity contribution in [3.8, 4) is 0 Å². The standard InChI is InChI=1S/C13H26N2O4S2/c1-3-12(2)10-21(18,19)15-7-5-14(6-8-15)13-4-9-20(16,17)11-13/h12-13H,3-11H2,1-2H3. The van der Waals surface area contributed by atoms with E-state index in [0.29, 0.717) is 32.6 Å². The first-order valence-corrected chi connectivity index (χ1v) is 11.1. The van der Waals surface area contributed by atoms with E-state index >= 15 is 0 Å². The lowest BCUT2D eigenvalue weighted by Gasteiger charge is -2.37. The van der Waals surface area contributed by atoms with Gasteiger partial charge in [-0.05, 0) is 12.3 Å². The maximum atomic E-state index is 12.3. The van der Waals surface area contributed by atoms with Crippen LogP contribution in [0.4, 0.5) is 0 Å². The lowest BCUT2D eigenvalue weighted by Crippen LogP contribution is -2.52. The van der Waals surface area contributed by atoms with Gasteiger partial charge < -0.3 is 0 Å². The molecular weight excluding hydrogens is 312 g/mol. The van der Waals surface area contributed by atoms with E-state index in [-0.39, 0.29) is 29.2 Å². The molecule has 124 valence electrons. The molecular formula is C13H26N2O4S2. The lowest BCUT2D eigenvalue weighted by molar-refractivity contribution is 0.148. The van der Waals surface area contributed by atoms with Crippen molar-refractivity contribution in [1.29, 1.82) is 0 Å². The average molecular weight is 338 g/mol. The van der Waals surface area contributed by atoms with Gasteiger partial charge in [-0.15, -0.1) is 0 Å². The van der Waals surface area contributed by atoms with Gasteiger partial charge in [0, 0.05) is 32.2 Å². The molecule has 6 nitrogen and oxygen atoms in total. The SMILES string of the molecule is CCC(C)CS(=O)(=O)N1CCN(C2CCS(=O)(=O)C2)CC1. The predicted octanol–water partition coefficient (Wildman–Crippen LogP) is 0.167. The minimum absolute atomic E-state index is 0.0782. The molecule has 0 radical (unpaired) electrons. The van der Waals surface area contributed by atoms with Crippen LogP contribution in [0.3, 0.4) is 0 Å². The van der Waals surface area contributed by atoms with E-state index < -0.39 is 19.9 Å². The summed E-state index contributed by atoms with van der Waals surface area (Å²) in [6.07, 6.45) is 1.54. The second-order valence-corrected chi connectivity index (χ2v) is 10.5. The molecule has 21 heavy (non-hydrogen) atoms. The molecule has 0 spiro atoms. The first-order valence-electron chi connectivity index (χ1n) is 7.66. The number of sulfone groups is 1. The normalized spacial score (nSPS) is 29.5. The molecule has 2 heterocycles. The Hall–Kier alpha value is -0.180. The fourth-order valence-electron chi connectivity index (χ4n) is 2.99. The molecule has 2 rings (SSSR count). The van der Waals surface area contributed by atoms with Gasteiger partial charge in [-0.25, -0.2) is 16.8 Å². The summed E-state index contributed by atoms with van der Waals surface area (Å²) in [6.45, 7) is 6.19. The Kier molecular flexibility index (Phi) is 5.33. The Balaban J connectivity index is 1.89. The van der Waals surface area contributed by atoms with Gasteiger partial charge in [-0.1, -0.05) is 20.3 Å². The Labute approximate surface area is 128 Å². The maximum absolute atomic E-state index is 12.3. The summed E-state index contributed by atoms with van der Waals surface area (Å²) in [7, 11) is -6.06. The predicted molar refractivity (Wildman–Crippen MR) is 83.4 cm³/mol. The van der Waals surface area contributed by atoms with Crippen LogP contribution in [0.2, 0.25) is 0 Å². The quantitative estimate of drug-likeness (QED) is 0.714. The fraction of sp³-hybridized carbons (Fsp3) is 1.00. The highest BCUT2D eigenvalue weighted by Gasteiger charge is 2.35. The molecule has 0 bridgehead atoms. The van der Waals surface area contributed by atoms with E-state index in [4.69, 9.17) is 0 Å². The van der Waals surface area contributed by atoms with Crippen molar-refractivity contribution in [2.75, 3.05) is 43.4 Å². The summed E-state index contributed by atoms with van der Waals surface area (Å²) >= 11 is 0. The Morgan fingerprint density at radius 2 is 1.81 bits per heavy atom. The number of nitrogens with zero attached hydrogens (tertiary/aromatic N) is 2. The number of piperazine rings is 1. The van der Waals surface area contributed by atoms with Crippen LogP contribution in [-0.2, 0) is 19.9 Å². The molecule has 0 aliphatic carbocycles. The van der Waals surface area contributed by atoms with Crippen molar-refractivity contribution >= 4 is 19.9 Å². The third-order valence-corrected chi connectivity index (χ3v) is 8.48. The molecule has 2 fully saturated rings. The third-order valence-electron chi connectivity index (χ3n) is 4.58. The summed E-state index contributed by atoms with van der Waals surface area (Å²) in [5.74, 6) is 0.881. The van der Waals surface area contributed by atoms with Gasteiger partial charge in [0.25, 0.3) is 0 Å². The van der Waals surface area contributed by atoms with Gasteiger partial charge in [0.15, 0.2) is 9.84 Å². The van der Waals surface area contributed by atoms with Crippen LogP contribution in [0.25, 0.3) is 0 Å². The van der Waals surface area contributed by atoms with Gasteiger partial charge in [0.05, 0.1) is 17.3 Å². The highest BCUT2D eigenvalue weighted by atomic mass is 32.2. The van der Waals surface area contributed by atoms with Crippen molar-refractivity contribution in [2.45, 2.75) is 32.7 Å². The molecule has 0 aromatic heterocycles. The van der Waals surface area contributed by atoms with E-state index in [1.54, 1.807) is 4.31 Å². The Morgan fingerprint density at radius 1 is 1.19 bits per heavy atom. The molecule has 2 saturated heterocycles. The Bertz CT molecular complexity index is 551. The van der Waals surface area contributed by atoms with Crippen LogP contribution in [0.1, 0.15) is 26.7 Å². The topological polar surface area (TPSA) is 74.8 Å². The highest BCUT2D eigenvalue weighted by Crippen LogP contribution is 2.20. The summed E-state index contributed by atoms with van der Waals surface area (Å²) in [6, 6.07) is 0.0782. The van der Waals surface area contributed by atoms with Gasteiger partial charge in [-0.3, -0.25) is 4.90 Å². The van der Waals surface area contributed by atoms with Crippen LogP contribution in [0.15, 0.2) is 0 Å². The average Bonchev–Trinajstić information content (AvgIpc) is 2.78. The monoisotopic (exact) mass is 338 g/mol. The summed E-state index contributed by atoms with van der Waals surface area (Å²) in [4.78, 5) is 2.14. The zero-order chi connectivity index (χ0) is 15.7. The van der Waals surface area contributed by atoms with Gasteiger partial charge in [0.2, 0.25) is 10.0 Å². The van der Waals surface area contributed by atoms with Gasteiger partial charge >= 0.3 is 0 Å². The van der Waals surface area contributed by atoms with E-state index in [2.05, 4.69) is 4.90 Å². The van der Waals surface area contributed by atoms with Crippen molar-refractivity contribution in [3.05, 3.63) is 0 Å². The first kappa shape index (κ1) is 17.2. The fourth-order valence-corrected chi connectivity index (χ4v) is 6.64. The molecule has 0 N–H and O–H groups in total. The van der Waals surface area contributed by atoms with Gasteiger partial charge in [-0.2, -0.15) is 4.31 Å². The van der Waals surface area contributed by atoms with Crippen LogP contribution in [0.5, 0.6) is 0 Å². The summed E-state index contributed by atoms with van der Waals surface area (Å²) in [5, 5.41) is 0. The van der Waals surface area contributed by atoms with Crippen molar-refractivity contribution in [3.63, 3.8) is 0 Å². The number of rotatable bonds is 5. The second-order valence-electron chi connectivity index (χ2n) is 6.28. The van der Waals surface area contributed by atoms with E-state index in [9.17, 15) is 16.8 Å². The summed E-state index contributed by atoms with van der Waals surface area (Å²) < 4.78 is 49.2. The number of hydrogen-bond donors (Lipinski definition) is 0. The van der Waals surface area contributed by atoms with E-state index in [1.165, 1.54) is 0 Å². The molecule has 0 amide bonds. The molecule has 0 aromatic carbocycles. The van der Waals surface area contributed by atoms with Crippen molar-refractivity contribution in [1.82, 2.24) is 9.21 Å². The minimum atomic E-state index is -3.18. The number of sulfonamides is 1. The minimum Gasteiger partial charge on any atom is -0.297 e. The molecule has 2 atom stereocenters. The van der Waals surface area contributed by atoms with E-state index in [1.807, 2.05) is 13.8 Å². The molecule has 2 unspecified atom stereocenters. The molecule has 0 aromatic rings. The van der Waals surface area contributed by atoms with Crippen LogP contribution < -0.4 is 0 Å². The molecule has 2 aliphatic rings. The smallest absolute Gasteiger partial charge is 0.214 e. The van der Waals surface area contributed by atoms with Gasteiger partial charge in [0.1, 0.15) is 0 Å². The van der Waals surface area contributed by atoms with Crippen molar-refractivity contribution in [2.24, 2.45) is 5.92 Å².